The molecule has 0 aliphatic carbocycles. The van der Waals surface area contributed by atoms with E-state index in [2.05, 4.69) is 16.4 Å². The van der Waals surface area contributed by atoms with E-state index in [1.165, 1.54) is 6.20 Å². The Morgan fingerprint density at radius 2 is 2.30 bits per heavy atom. The molecule has 0 spiro atoms. The first-order chi connectivity index (χ1) is 9.75. The number of aryl methyl sites for hydroxylation is 1. The molecule has 2 heterocycles. The van der Waals surface area contributed by atoms with Crippen LogP contribution < -0.4 is 10.1 Å². The van der Waals surface area contributed by atoms with Crippen molar-refractivity contribution in [3.8, 4) is 5.75 Å². The van der Waals surface area contributed by atoms with Gasteiger partial charge in [-0.2, -0.15) is 0 Å². The summed E-state index contributed by atoms with van der Waals surface area (Å²) in [5, 5.41) is 3.41. The maximum Gasteiger partial charge on any atom is 0.145 e. The molecule has 0 fully saturated rings. The topological polar surface area (TPSA) is 34.1 Å². The highest BCUT2D eigenvalue weighted by Gasteiger charge is 2.22. The normalized spacial score (nSPS) is 17.4. The molecule has 1 N–H and O–H groups in total. The fourth-order valence-corrected chi connectivity index (χ4v) is 2.57. The van der Waals surface area contributed by atoms with Crippen LogP contribution in [0, 0.1) is 12.7 Å². The molecule has 0 bridgehead atoms. The molecule has 0 unspecified atom stereocenters. The Kier molecular flexibility index (Phi) is 3.65. The Labute approximate surface area is 117 Å². The van der Waals surface area contributed by atoms with E-state index in [1.807, 2.05) is 19.1 Å². The van der Waals surface area contributed by atoms with E-state index in [-0.39, 0.29) is 11.9 Å². The van der Waals surface area contributed by atoms with Crippen LogP contribution in [0.25, 0.3) is 0 Å². The molecular weight excluding hydrogens is 255 g/mol. The molecule has 4 heteroatoms. The summed E-state index contributed by atoms with van der Waals surface area (Å²) in [6.07, 6.45) is 3.75. The highest BCUT2D eigenvalue weighted by molar-refractivity contribution is 5.43. The van der Waals surface area contributed by atoms with Crippen LogP contribution in [0.4, 0.5) is 4.39 Å². The van der Waals surface area contributed by atoms with Gasteiger partial charge in [0.1, 0.15) is 11.6 Å². The average Bonchev–Trinajstić information content (AvgIpc) is 2.47. The van der Waals surface area contributed by atoms with Crippen LogP contribution in [0.5, 0.6) is 5.75 Å². The molecule has 1 aliphatic heterocycles. The maximum atomic E-state index is 13.6. The molecule has 2 aromatic rings. The molecule has 0 radical (unpaired) electrons. The summed E-state index contributed by atoms with van der Waals surface area (Å²) in [4.78, 5) is 3.76. The van der Waals surface area contributed by atoms with E-state index in [9.17, 15) is 4.39 Å². The van der Waals surface area contributed by atoms with E-state index >= 15 is 0 Å². The predicted molar refractivity (Wildman–Crippen MR) is 75.1 cm³/mol. The van der Waals surface area contributed by atoms with Crippen LogP contribution in [-0.4, -0.2) is 11.6 Å². The molecule has 0 saturated carbocycles. The minimum Gasteiger partial charge on any atom is -0.493 e. The third-order valence-corrected chi connectivity index (χ3v) is 3.67. The third-order valence-electron chi connectivity index (χ3n) is 3.67. The van der Waals surface area contributed by atoms with Gasteiger partial charge in [0.2, 0.25) is 0 Å². The van der Waals surface area contributed by atoms with Gasteiger partial charge in [-0.05, 0) is 18.6 Å². The van der Waals surface area contributed by atoms with Crippen molar-refractivity contribution in [2.75, 3.05) is 6.61 Å². The lowest BCUT2D eigenvalue weighted by Crippen LogP contribution is -2.27. The van der Waals surface area contributed by atoms with E-state index in [4.69, 9.17) is 4.74 Å². The van der Waals surface area contributed by atoms with Crippen molar-refractivity contribution >= 4 is 0 Å². The van der Waals surface area contributed by atoms with Gasteiger partial charge in [0, 0.05) is 36.3 Å². The maximum absolute atomic E-state index is 13.6. The molecular formula is C16H17FN2O. The lowest BCUT2D eigenvalue weighted by atomic mass is 9.98. The van der Waals surface area contributed by atoms with Crippen molar-refractivity contribution < 1.29 is 9.13 Å². The van der Waals surface area contributed by atoms with Gasteiger partial charge in [0.05, 0.1) is 12.8 Å². The zero-order valence-corrected chi connectivity index (χ0v) is 11.4. The lowest BCUT2D eigenvalue weighted by Gasteiger charge is -2.28. The van der Waals surface area contributed by atoms with Crippen molar-refractivity contribution in [3.63, 3.8) is 0 Å². The molecule has 1 aromatic heterocycles. The smallest absolute Gasteiger partial charge is 0.145 e. The summed E-state index contributed by atoms with van der Waals surface area (Å²) >= 11 is 0. The van der Waals surface area contributed by atoms with Crippen molar-refractivity contribution in [2.24, 2.45) is 0 Å². The first kappa shape index (κ1) is 13.1. The number of ether oxygens (including phenoxy) is 1. The Balaban J connectivity index is 1.77. The molecule has 1 atom stereocenters. The van der Waals surface area contributed by atoms with Gasteiger partial charge >= 0.3 is 0 Å². The van der Waals surface area contributed by atoms with Crippen LogP contribution in [0.3, 0.4) is 0 Å². The van der Waals surface area contributed by atoms with Crippen LogP contribution in [0.15, 0.2) is 36.7 Å². The number of aromatic nitrogens is 1. The minimum atomic E-state index is -0.267. The summed E-state index contributed by atoms with van der Waals surface area (Å²) in [7, 11) is 0. The van der Waals surface area contributed by atoms with E-state index in [0.29, 0.717) is 18.7 Å². The van der Waals surface area contributed by atoms with Crippen LogP contribution in [-0.2, 0) is 6.54 Å². The number of hydrogen-bond donors (Lipinski definition) is 1. The number of pyridine rings is 1. The lowest BCUT2D eigenvalue weighted by molar-refractivity contribution is 0.250. The van der Waals surface area contributed by atoms with Gasteiger partial charge in [-0.15, -0.1) is 0 Å². The minimum absolute atomic E-state index is 0.200. The number of nitrogens with zero attached hydrogens (tertiary/aromatic N) is 1. The predicted octanol–water partition coefficient (Wildman–Crippen LogP) is 3.14. The Hall–Kier alpha value is -1.94. The van der Waals surface area contributed by atoms with E-state index in [1.54, 1.807) is 12.3 Å². The first-order valence-corrected chi connectivity index (χ1v) is 6.80. The summed E-state index contributed by atoms with van der Waals surface area (Å²) < 4.78 is 19.3. The van der Waals surface area contributed by atoms with Crippen molar-refractivity contribution in [1.29, 1.82) is 0 Å². The van der Waals surface area contributed by atoms with Gasteiger partial charge in [0.25, 0.3) is 0 Å². The largest absolute Gasteiger partial charge is 0.493 e. The second-order valence-corrected chi connectivity index (χ2v) is 5.03. The highest BCUT2D eigenvalue weighted by atomic mass is 19.1. The zero-order valence-electron chi connectivity index (χ0n) is 11.4. The molecule has 104 valence electrons. The van der Waals surface area contributed by atoms with Crippen molar-refractivity contribution in [2.45, 2.75) is 25.9 Å². The van der Waals surface area contributed by atoms with Gasteiger partial charge in [-0.1, -0.05) is 18.2 Å². The fraction of sp³-hybridized carbons (Fsp3) is 0.312. The van der Waals surface area contributed by atoms with Crippen LogP contribution in [0.2, 0.25) is 0 Å². The number of para-hydroxylation sites is 1. The zero-order chi connectivity index (χ0) is 13.9. The molecule has 3 nitrogen and oxygen atoms in total. The van der Waals surface area contributed by atoms with Crippen molar-refractivity contribution in [3.05, 3.63) is 59.2 Å². The second-order valence-electron chi connectivity index (χ2n) is 5.03. The molecule has 0 saturated heterocycles. The molecule has 1 aliphatic rings. The molecule has 3 rings (SSSR count). The Morgan fingerprint density at radius 3 is 3.15 bits per heavy atom. The number of rotatable bonds is 3. The number of halogens is 1. The van der Waals surface area contributed by atoms with E-state index in [0.717, 1.165) is 23.3 Å². The number of fused-ring (bicyclic) bond motifs is 1. The summed E-state index contributed by atoms with van der Waals surface area (Å²) in [6.45, 7) is 3.23. The summed E-state index contributed by atoms with van der Waals surface area (Å²) in [6, 6.07) is 8.06. The van der Waals surface area contributed by atoms with Crippen LogP contribution >= 0.6 is 0 Å². The van der Waals surface area contributed by atoms with Crippen molar-refractivity contribution in [1.82, 2.24) is 10.3 Å². The van der Waals surface area contributed by atoms with Gasteiger partial charge in [-0.25, -0.2) is 4.39 Å². The fourth-order valence-electron chi connectivity index (χ4n) is 2.57. The summed E-state index contributed by atoms with van der Waals surface area (Å²) in [5.74, 6) is 0.697. The van der Waals surface area contributed by atoms with Gasteiger partial charge in [0.15, 0.2) is 0 Å². The number of hydrogen-bond acceptors (Lipinski definition) is 3. The standard InChI is InChI=1S/C16H17FN2O/c1-11-3-2-4-13-15(6-8-20-16(11)13)19-9-12-5-7-18-10-14(12)17/h2-5,7,10,15,19H,6,8-9H2,1H3/t15-/m1/s1. The second kappa shape index (κ2) is 5.59. The third kappa shape index (κ3) is 2.51. The number of nitrogens with one attached hydrogen (secondary N) is 1. The van der Waals surface area contributed by atoms with Gasteiger partial charge < -0.3 is 10.1 Å². The van der Waals surface area contributed by atoms with E-state index < -0.39 is 0 Å². The van der Waals surface area contributed by atoms with Crippen LogP contribution in [0.1, 0.15) is 29.2 Å². The van der Waals surface area contributed by atoms with Gasteiger partial charge in [-0.3, -0.25) is 4.98 Å². The first-order valence-electron chi connectivity index (χ1n) is 6.80. The Bertz CT molecular complexity index is 615. The molecule has 1 aromatic carbocycles. The molecule has 0 amide bonds. The molecule has 20 heavy (non-hydrogen) atoms. The SMILES string of the molecule is Cc1cccc2c1OCC[C@H]2NCc1ccncc1F. The highest BCUT2D eigenvalue weighted by Crippen LogP contribution is 2.34. The monoisotopic (exact) mass is 272 g/mol. The summed E-state index contributed by atoms with van der Waals surface area (Å²) in [5.41, 5.74) is 2.94. The average molecular weight is 272 g/mol. The Morgan fingerprint density at radius 1 is 1.40 bits per heavy atom. The number of benzene rings is 1. The quantitative estimate of drug-likeness (QED) is 0.932.